The molecule has 0 radical (unpaired) electrons. The van der Waals surface area contributed by atoms with Gasteiger partial charge in [0.15, 0.2) is 0 Å². The predicted molar refractivity (Wildman–Crippen MR) is 44.9 cm³/mol. The van der Waals surface area contributed by atoms with Gasteiger partial charge in [-0.1, -0.05) is 0 Å². The van der Waals surface area contributed by atoms with Crippen LogP contribution in [0.4, 0.5) is 0 Å². The van der Waals surface area contributed by atoms with Gasteiger partial charge in [-0.15, -0.1) is 0 Å². The van der Waals surface area contributed by atoms with Crippen molar-refractivity contribution >= 4 is 5.97 Å². The number of aromatic amines is 1. The van der Waals surface area contributed by atoms with Gasteiger partial charge in [-0.25, -0.2) is 4.98 Å². The molecule has 0 aliphatic rings. The molecule has 0 aliphatic carbocycles. The maximum atomic E-state index is 10.8. The Balaban J connectivity index is 2.63. The molecule has 2 N–H and O–H groups in total. The van der Waals surface area contributed by atoms with Gasteiger partial charge in [-0.2, -0.15) is 0 Å². The van der Waals surface area contributed by atoms with Crippen LogP contribution in [0, 0.1) is 6.92 Å². The number of ether oxygens (including phenoxy) is 1. The standard InChI is InChI=1S/C8H12N2O3/c1-5-8(10-4-9-5)6(11)3-7(12)13-2/h4,6,11H,3H2,1-2H3,(H,9,10). The molecule has 0 fully saturated rings. The number of carbonyl (C=O) groups excluding carboxylic acids is 1. The summed E-state index contributed by atoms with van der Waals surface area (Å²) in [4.78, 5) is 17.5. The SMILES string of the molecule is COC(=O)CC(O)c1nc[nH]c1C. The second kappa shape index (κ2) is 4.04. The molecule has 0 aliphatic heterocycles. The molecule has 0 bridgehead atoms. The minimum absolute atomic E-state index is 0.0673. The molecule has 0 aromatic carbocycles. The second-order valence-electron chi connectivity index (χ2n) is 2.71. The normalized spacial score (nSPS) is 12.5. The van der Waals surface area contributed by atoms with Crippen LogP contribution in [0.2, 0.25) is 0 Å². The summed E-state index contributed by atoms with van der Waals surface area (Å²) in [6.07, 6.45) is 0.520. The minimum atomic E-state index is -0.890. The summed E-state index contributed by atoms with van der Waals surface area (Å²) >= 11 is 0. The van der Waals surface area contributed by atoms with E-state index in [0.29, 0.717) is 5.69 Å². The lowest BCUT2D eigenvalue weighted by molar-refractivity contribution is -0.142. The predicted octanol–water partition coefficient (Wildman–Crippen LogP) is 0.315. The maximum Gasteiger partial charge on any atom is 0.308 e. The van der Waals surface area contributed by atoms with Crippen LogP contribution in [0.25, 0.3) is 0 Å². The number of hydrogen-bond acceptors (Lipinski definition) is 4. The topological polar surface area (TPSA) is 75.2 Å². The molecule has 5 heteroatoms. The van der Waals surface area contributed by atoms with Crippen molar-refractivity contribution in [2.75, 3.05) is 7.11 Å². The lowest BCUT2D eigenvalue weighted by Crippen LogP contribution is -2.09. The van der Waals surface area contributed by atoms with Crippen LogP contribution in [0.15, 0.2) is 6.33 Å². The third kappa shape index (κ3) is 2.29. The lowest BCUT2D eigenvalue weighted by Gasteiger charge is -2.06. The molecular weight excluding hydrogens is 172 g/mol. The molecular formula is C8H12N2O3. The highest BCUT2D eigenvalue weighted by Gasteiger charge is 2.16. The van der Waals surface area contributed by atoms with Crippen LogP contribution >= 0.6 is 0 Å². The van der Waals surface area contributed by atoms with E-state index in [1.165, 1.54) is 13.4 Å². The number of rotatable bonds is 3. The highest BCUT2D eigenvalue weighted by molar-refractivity contribution is 5.69. The highest BCUT2D eigenvalue weighted by atomic mass is 16.5. The van der Waals surface area contributed by atoms with Crippen molar-refractivity contribution in [2.24, 2.45) is 0 Å². The molecule has 0 amide bonds. The Labute approximate surface area is 75.8 Å². The summed E-state index contributed by atoms with van der Waals surface area (Å²) in [6, 6.07) is 0. The lowest BCUT2D eigenvalue weighted by atomic mass is 10.1. The number of nitrogens with zero attached hydrogens (tertiary/aromatic N) is 1. The number of esters is 1. The average molecular weight is 184 g/mol. The molecule has 1 unspecified atom stereocenters. The van der Waals surface area contributed by atoms with Crippen LogP contribution < -0.4 is 0 Å². The number of aryl methyl sites for hydroxylation is 1. The van der Waals surface area contributed by atoms with Crippen molar-refractivity contribution in [1.29, 1.82) is 0 Å². The summed E-state index contributed by atoms with van der Waals surface area (Å²) in [6.45, 7) is 1.78. The van der Waals surface area contributed by atoms with E-state index in [2.05, 4.69) is 14.7 Å². The number of nitrogens with one attached hydrogen (secondary N) is 1. The summed E-state index contributed by atoms with van der Waals surface area (Å²) in [5.41, 5.74) is 1.25. The van der Waals surface area contributed by atoms with Gasteiger partial charge in [0.2, 0.25) is 0 Å². The monoisotopic (exact) mass is 184 g/mol. The summed E-state index contributed by atoms with van der Waals surface area (Å²) < 4.78 is 4.42. The molecule has 1 aromatic heterocycles. The van der Waals surface area contributed by atoms with Gasteiger partial charge in [-0.3, -0.25) is 4.79 Å². The fourth-order valence-electron chi connectivity index (χ4n) is 1.04. The number of aromatic nitrogens is 2. The van der Waals surface area contributed by atoms with Crippen molar-refractivity contribution < 1.29 is 14.6 Å². The van der Waals surface area contributed by atoms with Gasteiger partial charge in [-0.05, 0) is 6.92 Å². The molecule has 1 aromatic rings. The van der Waals surface area contributed by atoms with E-state index in [9.17, 15) is 9.90 Å². The number of aliphatic hydroxyl groups is 1. The second-order valence-corrected chi connectivity index (χ2v) is 2.71. The third-order valence-corrected chi connectivity index (χ3v) is 1.77. The van der Waals surface area contributed by atoms with Gasteiger partial charge in [0, 0.05) is 5.69 Å². The first-order valence-corrected chi connectivity index (χ1v) is 3.90. The van der Waals surface area contributed by atoms with Gasteiger partial charge in [0.05, 0.1) is 25.6 Å². The van der Waals surface area contributed by atoms with Crippen LogP contribution in [-0.4, -0.2) is 28.2 Å². The number of methoxy groups -OCH3 is 1. The van der Waals surface area contributed by atoms with Crippen molar-refractivity contribution in [2.45, 2.75) is 19.4 Å². The average Bonchev–Trinajstić information content (AvgIpc) is 2.51. The molecule has 0 saturated carbocycles. The number of aliphatic hydroxyl groups excluding tert-OH is 1. The number of H-pyrrole nitrogens is 1. The van der Waals surface area contributed by atoms with Crippen LogP contribution in [0.5, 0.6) is 0 Å². The van der Waals surface area contributed by atoms with Crippen LogP contribution in [0.1, 0.15) is 23.9 Å². The Kier molecular flexibility index (Phi) is 3.02. The van der Waals surface area contributed by atoms with E-state index in [1.807, 2.05) is 0 Å². The van der Waals surface area contributed by atoms with Gasteiger partial charge < -0.3 is 14.8 Å². The Bertz CT molecular complexity index is 295. The Morgan fingerprint density at radius 1 is 1.85 bits per heavy atom. The molecule has 1 rings (SSSR count). The minimum Gasteiger partial charge on any atom is -0.469 e. The van der Waals surface area contributed by atoms with E-state index >= 15 is 0 Å². The quantitative estimate of drug-likeness (QED) is 0.663. The van der Waals surface area contributed by atoms with E-state index < -0.39 is 12.1 Å². The Hall–Kier alpha value is -1.36. The van der Waals surface area contributed by atoms with Crippen LogP contribution in [-0.2, 0) is 9.53 Å². The molecule has 0 spiro atoms. The fraction of sp³-hybridized carbons (Fsp3) is 0.500. The van der Waals surface area contributed by atoms with Crippen molar-refractivity contribution in [3.8, 4) is 0 Å². The van der Waals surface area contributed by atoms with Crippen molar-refractivity contribution in [3.05, 3.63) is 17.7 Å². The third-order valence-electron chi connectivity index (χ3n) is 1.77. The van der Waals surface area contributed by atoms with E-state index in [1.54, 1.807) is 6.92 Å². The zero-order valence-electron chi connectivity index (χ0n) is 7.57. The summed E-state index contributed by atoms with van der Waals surface area (Å²) in [7, 11) is 1.28. The fourth-order valence-corrected chi connectivity index (χ4v) is 1.04. The summed E-state index contributed by atoms with van der Waals surface area (Å²) in [5, 5.41) is 9.51. The molecule has 1 atom stereocenters. The molecule has 5 nitrogen and oxygen atoms in total. The Morgan fingerprint density at radius 3 is 3.00 bits per heavy atom. The molecule has 72 valence electrons. The molecule has 0 saturated heterocycles. The Morgan fingerprint density at radius 2 is 2.54 bits per heavy atom. The largest absolute Gasteiger partial charge is 0.469 e. The highest BCUT2D eigenvalue weighted by Crippen LogP contribution is 2.16. The maximum absolute atomic E-state index is 10.8. The summed E-state index contributed by atoms with van der Waals surface area (Å²) in [5.74, 6) is -0.449. The molecule has 1 heterocycles. The van der Waals surface area contributed by atoms with Gasteiger partial charge in [0.25, 0.3) is 0 Å². The van der Waals surface area contributed by atoms with E-state index in [-0.39, 0.29) is 6.42 Å². The zero-order valence-corrected chi connectivity index (χ0v) is 7.57. The number of carbonyl (C=O) groups is 1. The number of imidazole rings is 1. The first-order chi connectivity index (χ1) is 6.15. The zero-order chi connectivity index (χ0) is 9.84. The first kappa shape index (κ1) is 9.73. The van der Waals surface area contributed by atoms with E-state index in [0.717, 1.165) is 5.69 Å². The molecule has 13 heavy (non-hydrogen) atoms. The van der Waals surface area contributed by atoms with Gasteiger partial charge in [0.1, 0.15) is 6.10 Å². The van der Waals surface area contributed by atoms with E-state index in [4.69, 9.17) is 0 Å². The smallest absolute Gasteiger partial charge is 0.308 e. The van der Waals surface area contributed by atoms with Crippen LogP contribution in [0.3, 0.4) is 0 Å². The van der Waals surface area contributed by atoms with Crippen molar-refractivity contribution in [1.82, 2.24) is 9.97 Å². The number of hydrogen-bond donors (Lipinski definition) is 2. The van der Waals surface area contributed by atoms with Crippen molar-refractivity contribution in [3.63, 3.8) is 0 Å². The van der Waals surface area contributed by atoms with Gasteiger partial charge >= 0.3 is 5.97 Å². The first-order valence-electron chi connectivity index (χ1n) is 3.90.